The first-order valence-corrected chi connectivity index (χ1v) is 12.4. The van der Waals surface area contributed by atoms with E-state index in [0.717, 1.165) is 0 Å². The summed E-state index contributed by atoms with van der Waals surface area (Å²) < 4.78 is 0. The van der Waals surface area contributed by atoms with Crippen LogP contribution < -0.4 is 5.32 Å². The van der Waals surface area contributed by atoms with E-state index in [4.69, 9.17) is 0 Å². The lowest BCUT2D eigenvalue weighted by Gasteiger charge is -2.30. The number of aromatic amines is 1. The Morgan fingerprint density at radius 3 is 2.47 bits per heavy atom. The number of rotatable bonds is 1. The molecule has 7 rings (SSSR count). The van der Waals surface area contributed by atoms with Crippen molar-refractivity contribution in [1.82, 2.24) is 10.3 Å². The van der Waals surface area contributed by atoms with Crippen LogP contribution in [-0.4, -0.2) is 4.98 Å². The summed E-state index contributed by atoms with van der Waals surface area (Å²) in [7, 11) is 0. The number of H-pyrrole nitrogens is 1. The monoisotopic (exact) mass is 442 g/mol. The zero-order chi connectivity index (χ0) is 22.7. The Kier molecular flexibility index (Phi) is 5.64. The molecule has 34 heavy (non-hydrogen) atoms. The van der Waals surface area contributed by atoms with Gasteiger partial charge in [0.05, 0.1) is 0 Å². The van der Waals surface area contributed by atoms with Crippen LogP contribution in [0.1, 0.15) is 40.2 Å². The van der Waals surface area contributed by atoms with Crippen molar-refractivity contribution < 1.29 is 0 Å². The van der Waals surface area contributed by atoms with Gasteiger partial charge in [-0.25, -0.2) is 0 Å². The fourth-order valence-corrected chi connectivity index (χ4v) is 5.75. The van der Waals surface area contributed by atoms with Gasteiger partial charge >= 0.3 is 0 Å². The Morgan fingerprint density at radius 2 is 1.56 bits per heavy atom. The molecule has 0 saturated heterocycles. The van der Waals surface area contributed by atoms with Crippen molar-refractivity contribution in [1.29, 1.82) is 0 Å². The van der Waals surface area contributed by atoms with Crippen LogP contribution in [0.25, 0.3) is 22.0 Å². The maximum absolute atomic E-state index is 3.31. The molecule has 0 bridgehead atoms. The summed E-state index contributed by atoms with van der Waals surface area (Å²) in [4.78, 5) is 3.31. The molecule has 0 fully saturated rings. The average molecular weight is 443 g/mol. The van der Waals surface area contributed by atoms with Crippen LogP contribution in [0.4, 0.5) is 0 Å². The Hall–Kier alpha value is -3.78. The third-order valence-electron chi connectivity index (χ3n) is 7.46. The quantitative estimate of drug-likeness (QED) is 0.316. The summed E-state index contributed by atoms with van der Waals surface area (Å²) in [6, 6.07) is 22.9. The number of nitrogens with one attached hydrogen (secondary N) is 2. The first kappa shape index (κ1) is 20.8. The zero-order valence-corrected chi connectivity index (χ0v) is 19.4. The third-order valence-corrected chi connectivity index (χ3v) is 7.46. The number of aryl methyl sites for hydroxylation is 1. The molecule has 0 radical (unpaired) electrons. The number of hydrogen-bond donors (Lipinski definition) is 2. The fraction of sp³-hybridized carbons (Fsp3) is 0.188. The molecule has 0 saturated carbocycles. The van der Waals surface area contributed by atoms with Gasteiger partial charge in [-0.3, -0.25) is 0 Å². The van der Waals surface area contributed by atoms with Gasteiger partial charge in [-0.15, -0.1) is 0 Å². The third kappa shape index (κ3) is 4.01. The van der Waals surface area contributed by atoms with Gasteiger partial charge in [0.25, 0.3) is 0 Å². The molecule has 3 aromatic carbocycles. The molecule has 1 aromatic heterocycles. The largest absolute Gasteiger partial charge is 0.368 e. The molecule has 2 nitrogen and oxygen atoms in total. The second kappa shape index (κ2) is 9.23. The maximum atomic E-state index is 3.31. The van der Waals surface area contributed by atoms with Gasteiger partial charge < -0.3 is 10.3 Å². The molecule has 2 heteroatoms. The van der Waals surface area contributed by atoms with Crippen molar-refractivity contribution in [2.75, 3.05) is 0 Å². The summed E-state index contributed by atoms with van der Waals surface area (Å²) >= 11 is 0. The predicted octanol–water partition coefficient (Wildman–Crippen LogP) is 7.38. The highest BCUT2D eigenvalue weighted by Crippen LogP contribution is 2.41. The second-order valence-electron chi connectivity index (χ2n) is 9.42. The van der Waals surface area contributed by atoms with Crippen molar-refractivity contribution in [2.24, 2.45) is 0 Å². The highest BCUT2D eigenvalue weighted by atomic mass is 14.8. The van der Waals surface area contributed by atoms with Gasteiger partial charge in [0.15, 0.2) is 0 Å². The van der Waals surface area contributed by atoms with Crippen LogP contribution in [0, 0.1) is 0 Å². The molecule has 168 valence electrons. The van der Waals surface area contributed by atoms with Crippen molar-refractivity contribution in [3.05, 3.63) is 131 Å². The molecule has 3 aliphatic rings. The molecule has 0 spiro atoms. The van der Waals surface area contributed by atoms with E-state index in [1.165, 1.54) is 65.3 Å². The van der Waals surface area contributed by atoms with Crippen LogP contribution in [0.3, 0.4) is 0 Å². The van der Waals surface area contributed by atoms with Crippen molar-refractivity contribution >= 4 is 10.9 Å². The maximum Gasteiger partial charge on any atom is 0.0454 e. The molecule has 2 aliphatic carbocycles. The van der Waals surface area contributed by atoms with Crippen LogP contribution in [0.2, 0.25) is 0 Å². The van der Waals surface area contributed by atoms with Crippen LogP contribution in [-0.2, 0) is 25.7 Å². The topological polar surface area (TPSA) is 27.8 Å². The number of fused-ring (bicyclic) bond motifs is 6. The average Bonchev–Trinajstić information content (AvgIpc) is 3.16. The van der Waals surface area contributed by atoms with E-state index in [2.05, 4.69) is 71.0 Å². The van der Waals surface area contributed by atoms with Crippen molar-refractivity contribution in [3.8, 4) is 11.1 Å². The second-order valence-corrected chi connectivity index (χ2v) is 9.42. The van der Waals surface area contributed by atoms with E-state index < -0.39 is 0 Å². The fourth-order valence-electron chi connectivity index (χ4n) is 5.75. The van der Waals surface area contributed by atoms with E-state index in [-0.39, 0.29) is 0 Å². The summed E-state index contributed by atoms with van der Waals surface area (Å²) in [5, 5.41) is 4.26. The van der Waals surface area contributed by atoms with E-state index >= 15 is 0 Å². The van der Waals surface area contributed by atoms with Gasteiger partial charge in [-0.1, -0.05) is 54.6 Å². The summed E-state index contributed by atoms with van der Waals surface area (Å²) in [5.74, 6) is 0.644. The number of benzene rings is 3. The summed E-state index contributed by atoms with van der Waals surface area (Å²) in [6.45, 7) is 0. The molecular weight excluding hydrogens is 412 g/mol. The Morgan fingerprint density at radius 1 is 0.676 bits per heavy atom. The van der Waals surface area contributed by atoms with Crippen molar-refractivity contribution in [2.45, 2.75) is 38.0 Å². The smallest absolute Gasteiger partial charge is 0.0454 e. The Labute approximate surface area is 201 Å². The first-order chi connectivity index (χ1) is 16.9. The van der Waals surface area contributed by atoms with E-state index in [0.29, 0.717) is 5.92 Å². The van der Waals surface area contributed by atoms with Crippen LogP contribution in [0.5, 0.6) is 0 Å². The summed E-state index contributed by atoms with van der Waals surface area (Å²) in [5.41, 5.74) is 12.1. The number of allylic oxidation sites excluding steroid dienone is 4. The highest BCUT2D eigenvalue weighted by molar-refractivity contribution is 5.80. The Bertz CT molecular complexity index is 1400. The van der Waals surface area contributed by atoms with E-state index in [1.54, 1.807) is 16.7 Å². The van der Waals surface area contributed by atoms with Crippen LogP contribution in [0.15, 0.2) is 104 Å². The summed E-state index contributed by atoms with van der Waals surface area (Å²) in [6.07, 6.45) is 19.7. The molecule has 2 heterocycles. The molecule has 4 aromatic rings. The predicted molar refractivity (Wildman–Crippen MR) is 143 cm³/mol. The SMILES string of the molecule is C1=CC=CNC=C1.c1ccc2c(c1)CCc1c-2ccc2c1CCC(c1ccc3[nH]ccc3c1)C2. The van der Waals surface area contributed by atoms with Crippen LogP contribution >= 0.6 is 0 Å². The van der Waals surface area contributed by atoms with Gasteiger partial charge in [0, 0.05) is 24.1 Å². The Balaban J connectivity index is 0.000000269. The normalized spacial score (nSPS) is 17.6. The molecule has 1 atom stereocenters. The zero-order valence-electron chi connectivity index (χ0n) is 19.4. The highest BCUT2D eigenvalue weighted by Gasteiger charge is 2.26. The molecule has 1 unspecified atom stereocenters. The lowest BCUT2D eigenvalue weighted by atomic mass is 9.74. The lowest BCUT2D eigenvalue weighted by molar-refractivity contribution is 0.581. The standard InChI is InChI=1S/C26H23N.C6H7N/c1-2-4-22-17(3-1)5-10-25-23-9-6-18(15-20(23)7-11-24(22)25)19-8-12-26-21(16-19)13-14-27-26;1-2-4-6-7-5-3-1/h1-4,7-8,11-14,16,18,27H,5-6,9-10,15H2;1-7H. The number of hydrogen-bond acceptors (Lipinski definition) is 1. The lowest BCUT2D eigenvalue weighted by Crippen LogP contribution is -2.17. The number of aromatic nitrogens is 1. The van der Waals surface area contributed by atoms with E-state index in [9.17, 15) is 0 Å². The molecule has 1 aliphatic heterocycles. The van der Waals surface area contributed by atoms with Gasteiger partial charge in [0.1, 0.15) is 0 Å². The molecule has 2 N–H and O–H groups in total. The van der Waals surface area contributed by atoms with Crippen molar-refractivity contribution in [3.63, 3.8) is 0 Å². The minimum Gasteiger partial charge on any atom is -0.368 e. The van der Waals surface area contributed by atoms with Gasteiger partial charge in [-0.2, -0.15) is 0 Å². The van der Waals surface area contributed by atoms with Gasteiger partial charge in [-0.05, 0) is 113 Å². The minimum absolute atomic E-state index is 0.644. The molecular formula is C32H30N2. The van der Waals surface area contributed by atoms with E-state index in [1.807, 2.05) is 42.9 Å². The first-order valence-electron chi connectivity index (χ1n) is 12.4. The van der Waals surface area contributed by atoms with Gasteiger partial charge in [0.2, 0.25) is 0 Å². The molecule has 0 amide bonds. The minimum atomic E-state index is 0.644.